The summed E-state index contributed by atoms with van der Waals surface area (Å²) in [6.45, 7) is 2.87. The third-order valence-corrected chi connectivity index (χ3v) is 8.07. The van der Waals surface area contributed by atoms with Crippen LogP contribution in [-0.2, 0) is 14.8 Å². The number of anilines is 1. The molecule has 4 rings (SSSR count). The van der Waals surface area contributed by atoms with Crippen LogP contribution in [0.1, 0.15) is 38.5 Å². The van der Waals surface area contributed by atoms with Gasteiger partial charge in [-0.25, -0.2) is 13.4 Å². The number of nitrogens with zero attached hydrogens (tertiary/aromatic N) is 2. The number of sulfonamides is 1. The predicted octanol–water partition coefficient (Wildman–Crippen LogP) is 3.97. The SMILES string of the molecule is O=S(=O)(c1ccc(-c2csc(NC[C@@H]3CCCO3)n2)cc1)N1CCCCCC1. The zero-order valence-electron chi connectivity index (χ0n) is 16.0. The number of hydrogen-bond donors (Lipinski definition) is 1. The van der Waals surface area contributed by atoms with Crippen LogP contribution in [0, 0.1) is 0 Å². The highest BCUT2D eigenvalue weighted by Gasteiger charge is 2.25. The molecule has 28 heavy (non-hydrogen) atoms. The average molecular weight is 422 g/mol. The number of thiazole rings is 1. The van der Waals surface area contributed by atoms with E-state index in [-0.39, 0.29) is 6.10 Å². The summed E-state index contributed by atoms with van der Waals surface area (Å²) in [5, 5.41) is 6.20. The molecule has 0 aliphatic carbocycles. The highest BCUT2D eigenvalue weighted by molar-refractivity contribution is 7.89. The van der Waals surface area contributed by atoms with Crippen LogP contribution in [0.2, 0.25) is 0 Å². The Kier molecular flexibility index (Phi) is 6.30. The number of nitrogens with one attached hydrogen (secondary N) is 1. The van der Waals surface area contributed by atoms with E-state index in [2.05, 4.69) is 10.3 Å². The van der Waals surface area contributed by atoms with Gasteiger partial charge in [-0.2, -0.15) is 4.31 Å². The molecule has 0 bridgehead atoms. The Bertz CT molecular complexity index is 866. The first kappa shape index (κ1) is 19.8. The fraction of sp³-hybridized carbons (Fsp3) is 0.550. The minimum atomic E-state index is -3.41. The van der Waals surface area contributed by atoms with Crippen LogP contribution in [0.3, 0.4) is 0 Å². The van der Waals surface area contributed by atoms with Gasteiger partial charge in [0.25, 0.3) is 0 Å². The van der Waals surface area contributed by atoms with Crippen LogP contribution >= 0.6 is 11.3 Å². The zero-order chi connectivity index (χ0) is 19.4. The standard InChI is InChI=1S/C20H27N3O3S2/c24-28(25,23-11-3-1-2-4-12-23)18-9-7-16(8-10-18)19-15-27-20(22-19)21-14-17-6-5-13-26-17/h7-10,15,17H,1-6,11-14H2,(H,21,22)/t17-/m0/s1. The van der Waals surface area contributed by atoms with Crippen molar-refractivity contribution in [2.24, 2.45) is 0 Å². The summed E-state index contributed by atoms with van der Waals surface area (Å²) in [5.74, 6) is 0. The minimum absolute atomic E-state index is 0.274. The molecule has 3 heterocycles. The van der Waals surface area contributed by atoms with Crippen LogP contribution in [0.4, 0.5) is 5.13 Å². The van der Waals surface area contributed by atoms with Gasteiger partial charge in [-0.3, -0.25) is 0 Å². The minimum Gasteiger partial charge on any atom is -0.376 e. The van der Waals surface area contributed by atoms with Gasteiger partial charge in [0.1, 0.15) is 0 Å². The maximum absolute atomic E-state index is 12.9. The molecule has 1 aromatic carbocycles. The van der Waals surface area contributed by atoms with Crippen LogP contribution < -0.4 is 5.32 Å². The summed E-state index contributed by atoms with van der Waals surface area (Å²) in [7, 11) is -3.41. The highest BCUT2D eigenvalue weighted by atomic mass is 32.2. The van der Waals surface area contributed by atoms with E-state index in [9.17, 15) is 8.42 Å². The van der Waals surface area contributed by atoms with Crippen molar-refractivity contribution in [3.05, 3.63) is 29.6 Å². The summed E-state index contributed by atoms with van der Waals surface area (Å²) >= 11 is 1.56. The van der Waals surface area contributed by atoms with Crippen molar-refractivity contribution in [3.63, 3.8) is 0 Å². The molecule has 1 N–H and O–H groups in total. The van der Waals surface area contributed by atoms with Crippen molar-refractivity contribution >= 4 is 26.5 Å². The zero-order valence-corrected chi connectivity index (χ0v) is 17.6. The molecule has 1 aromatic heterocycles. The highest BCUT2D eigenvalue weighted by Crippen LogP contribution is 2.27. The van der Waals surface area contributed by atoms with E-state index in [1.807, 2.05) is 17.5 Å². The second-order valence-electron chi connectivity index (χ2n) is 7.40. The summed E-state index contributed by atoms with van der Waals surface area (Å²) in [6, 6.07) is 7.11. The second-order valence-corrected chi connectivity index (χ2v) is 10.2. The summed E-state index contributed by atoms with van der Waals surface area (Å²) in [6.07, 6.45) is 6.60. The van der Waals surface area contributed by atoms with Gasteiger partial charge < -0.3 is 10.1 Å². The summed E-state index contributed by atoms with van der Waals surface area (Å²) < 4.78 is 33.0. The van der Waals surface area contributed by atoms with E-state index in [1.54, 1.807) is 27.8 Å². The molecule has 6 nitrogen and oxygen atoms in total. The van der Waals surface area contributed by atoms with E-state index in [0.29, 0.717) is 18.0 Å². The number of rotatable bonds is 6. The van der Waals surface area contributed by atoms with Crippen LogP contribution in [0.25, 0.3) is 11.3 Å². The molecule has 2 aromatic rings. The lowest BCUT2D eigenvalue weighted by Crippen LogP contribution is -2.31. The third-order valence-electron chi connectivity index (χ3n) is 5.36. The summed E-state index contributed by atoms with van der Waals surface area (Å²) in [4.78, 5) is 4.99. The molecule has 2 saturated heterocycles. The Balaban J connectivity index is 1.42. The molecule has 8 heteroatoms. The lowest BCUT2D eigenvalue weighted by Gasteiger charge is -2.19. The first-order valence-corrected chi connectivity index (χ1v) is 12.4. The molecule has 0 unspecified atom stereocenters. The summed E-state index contributed by atoms with van der Waals surface area (Å²) in [5.41, 5.74) is 1.79. The molecule has 0 saturated carbocycles. The van der Waals surface area contributed by atoms with Gasteiger partial charge in [0.15, 0.2) is 5.13 Å². The Labute approximate surface area is 171 Å². The Hall–Kier alpha value is -1.48. The van der Waals surface area contributed by atoms with E-state index < -0.39 is 10.0 Å². The molecule has 2 fully saturated rings. The van der Waals surface area contributed by atoms with Gasteiger partial charge >= 0.3 is 0 Å². The number of benzene rings is 1. The molecular formula is C20H27N3O3S2. The quantitative estimate of drug-likeness (QED) is 0.764. The number of hydrogen-bond acceptors (Lipinski definition) is 6. The van der Waals surface area contributed by atoms with Gasteiger partial charge in [-0.15, -0.1) is 11.3 Å². The third kappa shape index (κ3) is 4.56. The lowest BCUT2D eigenvalue weighted by molar-refractivity contribution is 0.120. The number of aromatic nitrogens is 1. The molecule has 152 valence electrons. The van der Waals surface area contributed by atoms with Gasteiger partial charge in [-0.1, -0.05) is 25.0 Å². The van der Waals surface area contributed by atoms with Gasteiger partial charge in [0.2, 0.25) is 10.0 Å². The van der Waals surface area contributed by atoms with Crippen molar-refractivity contribution in [2.45, 2.75) is 49.5 Å². The maximum Gasteiger partial charge on any atom is 0.243 e. The lowest BCUT2D eigenvalue weighted by atomic mass is 10.2. The van der Waals surface area contributed by atoms with Crippen molar-refractivity contribution in [1.29, 1.82) is 0 Å². The molecule has 0 amide bonds. The van der Waals surface area contributed by atoms with Crippen LogP contribution in [0.15, 0.2) is 34.5 Å². The van der Waals surface area contributed by atoms with Crippen molar-refractivity contribution in [1.82, 2.24) is 9.29 Å². The monoisotopic (exact) mass is 421 g/mol. The van der Waals surface area contributed by atoms with Gasteiger partial charge in [-0.05, 0) is 37.8 Å². The van der Waals surface area contributed by atoms with Crippen molar-refractivity contribution in [3.8, 4) is 11.3 Å². The molecule has 2 aliphatic heterocycles. The molecule has 0 spiro atoms. The second kappa shape index (κ2) is 8.90. The predicted molar refractivity (Wildman–Crippen MR) is 112 cm³/mol. The number of ether oxygens (including phenoxy) is 1. The van der Waals surface area contributed by atoms with Crippen LogP contribution in [0.5, 0.6) is 0 Å². The Morgan fingerprint density at radius 1 is 1.11 bits per heavy atom. The molecule has 0 radical (unpaired) electrons. The smallest absolute Gasteiger partial charge is 0.243 e. The van der Waals surface area contributed by atoms with Crippen molar-refractivity contribution in [2.75, 3.05) is 31.6 Å². The fourth-order valence-corrected chi connectivity index (χ4v) is 5.97. The largest absolute Gasteiger partial charge is 0.376 e. The fourth-order valence-electron chi connectivity index (χ4n) is 3.72. The Morgan fingerprint density at radius 2 is 1.86 bits per heavy atom. The maximum atomic E-state index is 12.9. The van der Waals surface area contributed by atoms with Gasteiger partial charge in [0, 0.05) is 37.2 Å². The molecular weight excluding hydrogens is 394 g/mol. The first-order chi connectivity index (χ1) is 13.6. The normalized spacial score (nSPS) is 21.5. The molecule has 2 aliphatic rings. The molecule has 1 atom stereocenters. The van der Waals surface area contributed by atoms with Crippen molar-refractivity contribution < 1.29 is 13.2 Å². The van der Waals surface area contributed by atoms with Gasteiger partial charge in [0.05, 0.1) is 16.7 Å². The Morgan fingerprint density at radius 3 is 2.54 bits per heavy atom. The van der Waals surface area contributed by atoms with E-state index in [1.165, 1.54) is 0 Å². The van der Waals surface area contributed by atoms with E-state index in [0.717, 1.165) is 68.1 Å². The average Bonchev–Trinajstić information content (AvgIpc) is 3.32. The first-order valence-electron chi connectivity index (χ1n) is 10.0. The topological polar surface area (TPSA) is 71.5 Å². The van der Waals surface area contributed by atoms with E-state index >= 15 is 0 Å². The van der Waals surface area contributed by atoms with E-state index in [4.69, 9.17) is 4.74 Å². The van der Waals surface area contributed by atoms with Crippen LogP contribution in [-0.4, -0.2) is 50.1 Å².